The Morgan fingerprint density at radius 1 is 1.42 bits per heavy atom. The van der Waals surface area contributed by atoms with Crippen LogP contribution < -0.4 is 5.32 Å². The Bertz CT molecular complexity index is 851. The maximum Gasteiger partial charge on any atom is 0.267 e. The maximum atomic E-state index is 14.7. The first-order chi connectivity index (χ1) is 12.5. The van der Waals surface area contributed by atoms with Crippen LogP contribution in [0.2, 0.25) is 0 Å². The van der Waals surface area contributed by atoms with Crippen LogP contribution in [0.1, 0.15) is 22.5 Å². The summed E-state index contributed by atoms with van der Waals surface area (Å²) < 4.78 is 19.9. The van der Waals surface area contributed by atoms with Gasteiger partial charge < -0.3 is 19.9 Å². The van der Waals surface area contributed by atoms with Gasteiger partial charge in [-0.05, 0) is 25.0 Å². The largest absolute Gasteiger partial charge is 0.381 e. The van der Waals surface area contributed by atoms with Crippen molar-refractivity contribution < 1.29 is 18.7 Å². The summed E-state index contributed by atoms with van der Waals surface area (Å²) in [6.45, 7) is 2.91. The van der Waals surface area contributed by atoms with E-state index in [2.05, 4.69) is 10.3 Å². The number of nitrogens with zero attached hydrogens (tertiary/aromatic N) is 1. The fourth-order valence-electron chi connectivity index (χ4n) is 3.66. The van der Waals surface area contributed by atoms with E-state index in [1.807, 2.05) is 25.1 Å². The summed E-state index contributed by atoms with van der Waals surface area (Å²) in [5.41, 5.74) is 0.805. The average Bonchev–Trinajstić information content (AvgIpc) is 3.26. The van der Waals surface area contributed by atoms with Crippen LogP contribution in [0.3, 0.4) is 0 Å². The Morgan fingerprint density at radius 2 is 2.23 bits per heavy atom. The highest BCUT2D eigenvalue weighted by molar-refractivity contribution is 5.98. The van der Waals surface area contributed by atoms with E-state index in [4.69, 9.17) is 4.74 Å². The van der Waals surface area contributed by atoms with E-state index >= 15 is 0 Å². The first kappa shape index (κ1) is 17.0. The zero-order valence-corrected chi connectivity index (χ0v) is 14.7. The molecule has 4 rings (SSSR count). The van der Waals surface area contributed by atoms with Gasteiger partial charge in [-0.2, -0.15) is 0 Å². The van der Waals surface area contributed by atoms with Gasteiger partial charge in [0.2, 0.25) is 5.91 Å². The van der Waals surface area contributed by atoms with Crippen molar-refractivity contribution in [3.05, 3.63) is 35.5 Å². The monoisotopic (exact) mass is 359 g/mol. The highest BCUT2D eigenvalue weighted by Gasteiger charge is 2.47. The lowest BCUT2D eigenvalue weighted by molar-refractivity contribution is -0.149. The minimum atomic E-state index is -1.56. The van der Waals surface area contributed by atoms with Gasteiger partial charge in [0.1, 0.15) is 5.69 Å². The third kappa shape index (κ3) is 3.07. The highest BCUT2D eigenvalue weighted by atomic mass is 19.1. The molecule has 0 aliphatic carbocycles. The SMILES string of the molecule is Cc1cccc2cc(C(=O)NCC3(F)CN(C(=O)C4CCOC4)C3)[nH]c12. The minimum absolute atomic E-state index is 0.0222. The van der Waals surface area contributed by atoms with Gasteiger partial charge in [0.05, 0.1) is 32.2 Å². The summed E-state index contributed by atoms with van der Waals surface area (Å²) in [6, 6.07) is 7.58. The molecule has 1 aromatic carbocycles. The van der Waals surface area contributed by atoms with Crippen molar-refractivity contribution >= 4 is 22.7 Å². The van der Waals surface area contributed by atoms with Crippen LogP contribution in [-0.2, 0) is 9.53 Å². The number of hydrogen-bond donors (Lipinski definition) is 2. The summed E-state index contributed by atoms with van der Waals surface area (Å²) in [7, 11) is 0. The van der Waals surface area contributed by atoms with Gasteiger partial charge in [-0.25, -0.2) is 4.39 Å². The standard InChI is InChI=1S/C19H22FN3O3/c1-12-3-2-4-13-7-15(22-16(12)13)17(24)21-9-19(20)10-23(11-19)18(25)14-5-6-26-8-14/h2-4,7,14,22H,5-6,8-11H2,1H3,(H,21,24). The quantitative estimate of drug-likeness (QED) is 0.874. The average molecular weight is 359 g/mol. The van der Waals surface area contributed by atoms with Crippen molar-refractivity contribution in [2.45, 2.75) is 19.0 Å². The van der Waals surface area contributed by atoms with Crippen LogP contribution >= 0.6 is 0 Å². The number of fused-ring (bicyclic) bond motifs is 1. The molecule has 2 fully saturated rings. The molecule has 26 heavy (non-hydrogen) atoms. The van der Waals surface area contributed by atoms with Crippen molar-refractivity contribution in [1.82, 2.24) is 15.2 Å². The number of amides is 2. The van der Waals surface area contributed by atoms with Gasteiger partial charge in [0, 0.05) is 17.5 Å². The number of nitrogens with one attached hydrogen (secondary N) is 2. The van der Waals surface area contributed by atoms with E-state index in [9.17, 15) is 14.0 Å². The lowest BCUT2D eigenvalue weighted by Crippen LogP contribution is -2.66. The molecule has 3 heterocycles. The van der Waals surface area contributed by atoms with Crippen LogP contribution in [0.4, 0.5) is 4.39 Å². The van der Waals surface area contributed by atoms with Crippen molar-refractivity contribution in [2.75, 3.05) is 32.8 Å². The van der Waals surface area contributed by atoms with Gasteiger partial charge in [-0.1, -0.05) is 18.2 Å². The fraction of sp³-hybridized carbons (Fsp3) is 0.474. The molecule has 1 aromatic heterocycles. The molecule has 2 amide bonds. The van der Waals surface area contributed by atoms with Gasteiger partial charge >= 0.3 is 0 Å². The maximum absolute atomic E-state index is 14.7. The molecule has 6 nitrogen and oxygen atoms in total. The molecule has 2 aliphatic rings. The number of rotatable bonds is 4. The molecule has 2 N–H and O–H groups in total. The number of ether oxygens (including phenoxy) is 1. The van der Waals surface area contributed by atoms with Crippen molar-refractivity contribution in [2.24, 2.45) is 5.92 Å². The number of aromatic nitrogens is 1. The number of aromatic amines is 1. The summed E-state index contributed by atoms with van der Waals surface area (Å²) in [5, 5.41) is 3.59. The summed E-state index contributed by atoms with van der Waals surface area (Å²) in [4.78, 5) is 29.1. The number of carbonyl (C=O) groups is 2. The second kappa shape index (κ2) is 6.39. The topological polar surface area (TPSA) is 74.4 Å². The van der Waals surface area contributed by atoms with Crippen LogP contribution in [0.25, 0.3) is 10.9 Å². The van der Waals surface area contributed by atoms with Crippen LogP contribution in [0.15, 0.2) is 24.3 Å². The molecule has 7 heteroatoms. The lowest BCUT2D eigenvalue weighted by atomic mass is 9.93. The molecule has 0 spiro atoms. The van der Waals surface area contributed by atoms with E-state index in [-0.39, 0.29) is 37.4 Å². The van der Waals surface area contributed by atoms with Gasteiger partial charge in [-0.15, -0.1) is 0 Å². The molecule has 2 saturated heterocycles. The molecule has 2 aliphatic heterocycles. The van der Waals surface area contributed by atoms with E-state index in [0.717, 1.165) is 16.5 Å². The fourth-order valence-corrected chi connectivity index (χ4v) is 3.66. The van der Waals surface area contributed by atoms with Gasteiger partial charge in [0.15, 0.2) is 5.67 Å². The molecule has 138 valence electrons. The number of alkyl halides is 1. The summed E-state index contributed by atoms with van der Waals surface area (Å²) >= 11 is 0. The normalized spacial score (nSPS) is 21.6. The second-order valence-corrected chi connectivity index (χ2v) is 7.31. The van der Waals surface area contributed by atoms with Crippen LogP contribution in [0, 0.1) is 12.8 Å². The first-order valence-electron chi connectivity index (χ1n) is 8.87. The predicted molar refractivity (Wildman–Crippen MR) is 94.7 cm³/mol. The number of carbonyl (C=O) groups excluding carboxylic acids is 2. The number of hydrogen-bond acceptors (Lipinski definition) is 3. The second-order valence-electron chi connectivity index (χ2n) is 7.31. The Hall–Kier alpha value is -2.41. The Kier molecular flexibility index (Phi) is 4.19. The summed E-state index contributed by atoms with van der Waals surface area (Å²) in [5.74, 6) is -0.538. The van der Waals surface area contributed by atoms with E-state index in [1.54, 1.807) is 6.07 Å². The molecule has 2 aromatic rings. The number of para-hydroxylation sites is 1. The third-order valence-corrected chi connectivity index (χ3v) is 5.21. The lowest BCUT2D eigenvalue weighted by Gasteiger charge is -2.45. The molecular weight excluding hydrogens is 337 g/mol. The zero-order valence-electron chi connectivity index (χ0n) is 14.7. The van der Waals surface area contributed by atoms with Gasteiger partial charge in [-0.3, -0.25) is 9.59 Å². The number of likely N-dealkylation sites (tertiary alicyclic amines) is 1. The van der Waals surface area contributed by atoms with E-state index < -0.39 is 5.67 Å². The Balaban J connectivity index is 1.33. The third-order valence-electron chi connectivity index (χ3n) is 5.21. The molecule has 0 radical (unpaired) electrons. The van der Waals surface area contributed by atoms with Crippen molar-refractivity contribution in [3.8, 4) is 0 Å². The van der Waals surface area contributed by atoms with Crippen molar-refractivity contribution in [3.63, 3.8) is 0 Å². The molecular formula is C19H22FN3O3. The Morgan fingerprint density at radius 3 is 2.92 bits per heavy atom. The summed E-state index contributed by atoms with van der Waals surface area (Å²) in [6.07, 6.45) is 0.700. The number of H-pyrrole nitrogens is 1. The first-order valence-corrected chi connectivity index (χ1v) is 8.87. The van der Waals surface area contributed by atoms with Crippen LogP contribution in [0.5, 0.6) is 0 Å². The molecule has 1 unspecified atom stereocenters. The van der Waals surface area contributed by atoms with Crippen molar-refractivity contribution in [1.29, 1.82) is 0 Å². The smallest absolute Gasteiger partial charge is 0.267 e. The van der Waals surface area contributed by atoms with Gasteiger partial charge in [0.25, 0.3) is 5.91 Å². The number of halogens is 1. The molecule has 0 saturated carbocycles. The van der Waals surface area contributed by atoms with Crippen LogP contribution in [-0.4, -0.2) is 60.2 Å². The zero-order chi connectivity index (χ0) is 18.3. The number of benzene rings is 1. The van der Waals surface area contributed by atoms with E-state index in [1.165, 1.54) is 4.90 Å². The molecule has 0 bridgehead atoms. The minimum Gasteiger partial charge on any atom is -0.381 e. The number of aryl methyl sites for hydroxylation is 1. The van der Waals surface area contributed by atoms with E-state index in [0.29, 0.717) is 25.3 Å². The highest BCUT2D eigenvalue weighted by Crippen LogP contribution is 2.28. The molecule has 1 atom stereocenters. The Labute approximate surface area is 150 Å². The predicted octanol–water partition coefficient (Wildman–Crippen LogP) is 1.79.